The van der Waals surface area contributed by atoms with Crippen LogP contribution in [0, 0.1) is 10.1 Å². The molecule has 1 aliphatic rings. The van der Waals surface area contributed by atoms with Gasteiger partial charge in [0.25, 0.3) is 5.69 Å². The Balaban J connectivity index is 2.04. The van der Waals surface area contributed by atoms with Crippen LogP contribution in [0.15, 0.2) is 53.3 Å². The molecule has 102 valence electrons. The number of nitro groups is 1. The summed E-state index contributed by atoms with van der Waals surface area (Å²) in [7, 11) is 0. The van der Waals surface area contributed by atoms with Gasteiger partial charge in [0.05, 0.1) is 4.92 Å². The van der Waals surface area contributed by atoms with Gasteiger partial charge < -0.3 is 9.05 Å². The zero-order valence-electron chi connectivity index (χ0n) is 9.97. The van der Waals surface area contributed by atoms with Crippen molar-refractivity contribution in [1.29, 1.82) is 0 Å². The van der Waals surface area contributed by atoms with E-state index in [1.165, 1.54) is 12.1 Å². The topological polar surface area (TPSA) is 74.0 Å². The lowest BCUT2D eigenvalue weighted by molar-refractivity contribution is -0.384. The van der Waals surface area contributed by atoms with Gasteiger partial charge in [0, 0.05) is 17.3 Å². The Morgan fingerprint density at radius 1 is 1.05 bits per heavy atom. The van der Waals surface area contributed by atoms with E-state index in [2.05, 4.69) is 4.74 Å². The number of halogens is 1. The molecule has 0 fully saturated rings. The van der Waals surface area contributed by atoms with E-state index >= 15 is 0 Å². The lowest BCUT2D eigenvalue weighted by atomic mass is 10.3. The molecule has 0 spiro atoms. The van der Waals surface area contributed by atoms with E-state index in [0.29, 0.717) is 11.5 Å². The van der Waals surface area contributed by atoms with Gasteiger partial charge in [-0.3, -0.25) is 10.1 Å². The van der Waals surface area contributed by atoms with Gasteiger partial charge in [-0.25, -0.2) is 0 Å². The number of rotatable bonds is 2. The number of hydrogen-bond donors (Lipinski definition) is 0. The zero-order chi connectivity index (χ0) is 14.2. The molecule has 6 nitrogen and oxygen atoms in total. The van der Waals surface area contributed by atoms with E-state index < -0.39 is 11.8 Å². The summed E-state index contributed by atoms with van der Waals surface area (Å²) in [5.74, 6) is 0.969. The van der Waals surface area contributed by atoms with Crippen molar-refractivity contribution in [3.8, 4) is 11.5 Å². The predicted molar refractivity (Wildman–Crippen MR) is 75.7 cm³/mol. The molecule has 0 saturated carbocycles. The minimum atomic E-state index is -3.10. The Morgan fingerprint density at radius 3 is 2.20 bits per heavy atom. The van der Waals surface area contributed by atoms with Crippen LogP contribution >= 0.6 is 18.1 Å². The third kappa shape index (κ3) is 2.35. The van der Waals surface area contributed by atoms with Gasteiger partial charge >= 0.3 is 6.86 Å². The largest absolute Gasteiger partial charge is 0.419 e. The summed E-state index contributed by atoms with van der Waals surface area (Å²) < 4.78 is 15.1. The normalized spacial score (nSPS) is 14.8. The van der Waals surface area contributed by atoms with Gasteiger partial charge in [0.15, 0.2) is 11.5 Å². The van der Waals surface area contributed by atoms with Gasteiger partial charge in [-0.05, 0) is 18.2 Å². The molecule has 0 bridgehead atoms. The van der Waals surface area contributed by atoms with Crippen molar-refractivity contribution in [3.05, 3.63) is 58.6 Å². The van der Waals surface area contributed by atoms with Crippen molar-refractivity contribution in [2.45, 2.75) is 0 Å². The van der Waals surface area contributed by atoms with Crippen molar-refractivity contribution in [1.82, 2.24) is 0 Å². The smallest absolute Gasteiger partial charge is 0.415 e. The standard InChI is InChI=1S/C12H8ClN2O4P/c13-20(18-11-7-3-4-8-12(11)19-20)14-9-5-1-2-6-10(9)15(16)17/h1-8H. The summed E-state index contributed by atoms with van der Waals surface area (Å²) in [6.45, 7) is -3.10. The first kappa shape index (κ1) is 13.0. The third-order valence-corrected chi connectivity index (χ3v) is 4.52. The Hall–Kier alpha value is -2.04. The highest BCUT2D eigenvalue weighted by atomic mass is 35.7. The van der Waals surface area contributed by atoms with Crippen LogP contribution in [0.25, 0.3) is 0 Å². The van der Waals surface area contributed by atoms with Crippen LogP contribution in [-0.2, 0) is 0 Å². The fourth-order valence-corrected chi connectivity index (χ4v) is 3.76. The van der Waals surface area contributed by atoms with E-state index in [1.54, 1.807) is 36.4 Å². The maximum absolute atomic E-state index is 11.0. The van der Waals surface area contributed by atoms with Crippen LogP contribution in [0.3, 0.4) is 0 Å². The third-order valence-electron chi connectivity index (χ3n) is 2.58. The molecular formula is C12H8ClN2O4P. The molecule has 3 rings (SSSR count). The average molecular weight is 311 g/mol. The van der Waals surface area contributed by atoms with Crippen LogP contribution in [0.5, 0.6) is 11.5 Å². The first-order chi connectivity index (χ1) is 9.57. The summed E-state index contributed by atoms with van der Waals surface area (Å²) in [5, 5.41) is 11.0. The second-order valence-corrected chi connectivity index (χ2v) is 6.68. The molecule has 2 aromatic carbocycles. The summed E-state index contributed by atoms with van der Waals surface area (Å²) in [6, 6.07) is 13.0. The fraction of sp³-hybridized carbons (Fsp3) is 0. The highest BCUT2D eigenvalue weighted by molar-refractivity contribution is 7.84. The molecular weight excluding hydrogens is 303 g/mol. The van der Waals surface area contributed by atoms with E-state index in [9.17, 15) is 10.1 Å². The number of benzene rings is 2. The van der Waals surface area contributed by atoms with Crippen molar-refractivity contribution in [2.75, 3.05) is 0 Å². The van der Waals surface area contributed by atoms with E-state index in [0.717, 1.165) is 0 Å². The van der Waals surface area contributed by atoms with Gasteiger partial charge in [0.2, 0.25) is 0 Å². The number of hydrogen-bond acceptors (Lipinski definition) is 5. The van der Waals surface area contributed by atoms with E-state index in [4.69, 9.17) is 20.3 Å². The molecule has 8 heteroatoms. The summed E-state index contributed by atoms with van der Waals surface area (Å²) in [4.78, 5) is 10.4. The Kier molecular flexibility index (Phi) is 3.12. The lowest BCUT2D eigenvalue weighted by Crippen LogP contribution is -1.89. The van der Waals surface area contributed by atoms with Crippen LogP contribution in [0.4, 0.5) is 11.4 Å². The number of nitro benzene ring substituents is 1. The van der Waals surface area contributed by atoms with E-state index in [1.807, 2.05) is 0 Å². The molecule has 20 heavy (non-hydrogen) atoms. The van der Waals surface area contributed by atoms with Crippen molar-refractivity contribution in [2.24, 2.45) is 4.74 Å². The van der Waals surface area contributed by atoms with Crippen molar-refractivity contribution < 1.29 is 14.0 Å². The summed E-state index contributed by atoms with van der Waals surface area (Å²) in [5.41, 5.74) is -0.00989. The molecule has 0 N–H and O–H groups in total. The molecule has 2 aromatic rings. The van der Waals surface area contributed by atoms with Crippen molar-refractivity contribution >= 4 is 29.5 Å². The maximum atomic E-state index is 11.0. The monoisotopic (exact) mass is 310 g/mol. The molecule has 0 atom stereocenters. The lowest BCUT2D eigenvalue weighted by Gasteiger charge is -2.07. The molecule has 0 saturated heterocycles. The second-order valence-electron chi connectivity index (χ2n) is 3.93. The Bertz CT molecular complexity index is 721. The summed E-state index contributed by atoms with van der Waals surface area (Å²) >= 11 is 6.22. The van der Waals surface area contributed by atoms with Crippen molar-refractivity contribution in [3.63, 3.8) is 0 Å². The Morgan fingerprint density at radius 2 is 1.60 bits per heavy atom. The minimum Gasteiger partial charge on any atom is -0.415 e. The van der Waals surface area contributed by atoms with Gasteiger partial charge in [-0.2, -0.15) is 4.74 Å². The zero-order valence-corrected chi connectivity index (χ0v) is 11.6. The number of fused-ring (bicyclic) bond motifs is 1. The molecule has 0 aliphatic carbocycles. The second kappa shape index (κ2) is 4.81. The number of para-hydroxylation sites is 3. The molecule has 1 aliphatic heterocycles. The highest BCUT2D eigenvalue weighted by Crippen LogP contribution is 2.65. The quantitative estimate of drug-likeness (QED) is 0.450. The molecule has 0 unspecified atom stereocenters. The van der Waals surface area contributed by atoms with Gasteiger partial charge in [0.1, 0.15) is 5.69 Å². The van der Waals surface area contributed by atoms with Crippen LogP contribution in [0.2, 0.25) is 0 Å². The average Bonchev–Trinajstić information content (AvgIpc) is 2.74. The van der Waals surface area contributed by atoms with Crippen LogP contribution < -0.4 is 9.05 Å². The van der Waals surface area contributed by atoms with Crippen LogP contribution in [-0.4, -0.2) is 4.92 Å². The highest BCUT2D eigenvalue weighted by Gasteiger charge is 2.33. The van der Waals surface area contributed by atoms with Crippen LogP contribution in [0.1, 0.15) is 0 Å². The molecule has 0 radical (unpaired) electrons. The van der Waals surface area contributed by atoms with E-state index in [-0.39, 0.29) is 11.4 Å². The molecule has 1 heterocycles. The number of nitrogens with zero attached hydrogens (tertiary/aromatic N) is 2. The first-order valence-corrected chi connectivity index (χ1v) is 8.09. The maximum Gasteiger partial charge on any atom is 0.419 e. The molecule has 0 aromatic heterocycles. The van der Waals surface area contributed by atoms with Gasteiger partial charge in [-0.1, -0.05) is 24.3 Å². The minimum absolute atomic E-state index is 0.133. The summed E-state index contributed by atoms with van der Waals surface area (Å²) in [6.07, 6.45) is 0. The first-order valence-electron chi connectivity index (χ1n) is 5.61. The molecule has 0 amide bonds. The SMILES string of the molecule is O=[N+]([O-])c1ccccc1N=P1(Cl)Oc2ccccc2O1. The fourth-order valence-electron chi connectivity index (χ4n) is 1.73. The van der Waals surface area contributed by atoms with Gasteiger partial charge in [-0.15, -0.1) is 0 Å². The predicted octanol–water partition coefficient (Wildman–Crippen LogP) is 4.88. The Labute approximate surface area is 119 Å².